The molecule has 2 bridgehead atoms. The Morgan fingerprint density at radius 3 is 2.64 bits per heavy atom. The standard InChI is InChI=1S/C11H18N2O/c1-10(2)6-4-5-11(10,3)8-7(6)12-9(14)13-8/h6-8H,4-5H2,1-3H3,(H2,12,13,14)/t6-,7+,8-,11+/m0/s1. The second-order valence-electron chi connectivity index (χ2n) is 5.91. The van der Waals surface area contributed by atoms with Crippen molar-refractivity contribution in [3.63, 3.8) is 0 Å². The maximum Gasteiger partial charge on any atom is 0.315 e. The van der Waals surface area contributed by atoms with E-state index >= 15 is 0 Å². The molecule has 4 atom stereocenters. The minimum atomic E-state index is 0.0358. The quantitative estimate of drug-likeness (QED) is 0.602. The van der Waals surface area contributed by atoms with E-state index in [1.165, 1.54) is 12.8 Å². The maximum absolute atomic E-state index is 11.3. The zero-order valence-corrected chi connectivity index (χ0v) is 9.05. The van der Waals surface area contributed by atoms with E-state index in [2.05, 4.69) is 31.4 Å². The van der Waals surface area contributed by atoms with E-state index < -0.39 is 0 Å². The molecule has 78 valence electrons. The number of fused-ring (bicyclic) bond motifs is 5. The molecule has 14 heavy (non-hydrogen) atoms. The third-order valence-electron chi connectivity index (χ3n) is 5.44. The number of urea groups is 1. The van der Waals surface area contributed by atoms with Gasteiger partial charge in [0.25, 0.3) is 0 Å². The molecule has 1 saturated heterocycles. The highest BCUT2D eigenvalue weighted by molar-refractivity contribution is 5.78. The molecule has 3 heteroatoms. The van der Waals surface area contributed by atoms with E-state index in [-0.39, 0.29) is 6.03 Å². The third kappa shape index (κ3) is 0.665. The van der Waals surface area contributed by atoms with Crippen molar-refractivity contribution >= 4 is 6.03 Å². The Balaban J connectivity index is 2.06. The molecule has 2 amide bonds. The smallest absolute Gasteiger partial charge is 0.315 e. The van der Waals surface area contributed by atoms with E-state index in [9.17, 15) is 4.79 Å². The number of carbonyl (C=O) groups is 1. The van der Waals surface area contributed by atoms with Crippen molar-refractivity contribution in [3.8, 4) is 0 Å². The van der Waals surface area contributed by atoms with Crippen molar-refractivity contribution in [1.82, 2.24) is 10.6 Å². The number of nitrogens with one attached hydrogen (secondary N) is 2. The lowest BCUT2D eigenvalue weighted by Crippen LogP contribution is -2.45. The summed E-state index contributed by atoms with van der Waals surface area (Å²) in [6, 6.07) is 0.786. The van der Waals surface area contributed by atoms with Crippen LogP contribution in [0.2, 0.25) is 0 Å². The van der Waals surface area contributed by atoms with Crippen molar-refractivity contribution < 1.29 is 4.79 Å². The maximum atomic E-state index is 11.3. The van der Waals surface area contributed by atoms with Crippen LogP contribution in [-0.2, 0) is 0 Å². The molecule has 3 aliphatic rings. The molecule has 2 saturated carbocycles. The largest absolute Gasteiger partial charge is 0.333 e. The van der Waals surface area contributed by atoms with Crippen LogP contribution in [-0.4, -0.2) is 18.1 Å². The van der Waals surface area contributed by atoms with Crippen LogP contribution in [0.5, 0.6) is 0 Å². The van der Waals surface area contributed by atoms with Gasteiger partial charge in [-0.3, -0.25) is 0 Å². The van der Waals surface area contributed by atoms with Crippen molar-refractivity contribution in [2.45, 2.75) is 45.7 Å². The minimum Gasteiger partial charge on any atom is -0.333 e. The van der Waals surface area contributed by atoms with Gasteiger partial charge in [-0.2, -0.15) is 0 Å². The molecule has 0 aromatic heterocycles. The Hall–Kier alpha value is -0.730. The summed E-state index contributed by atoms with van der Waals surface area (Å²) < 4.78 is 0. The van der Waals surface area contributed by atoms with Crippen LogP contribution < -0.4 is 10.6 Å². The second-order valence-corrected chi connectivity index (χ2v) is 5.91. The summed E-state index contributed by atoms with van der Waals surface area (Å²) in [5, 5.41) is 6.17. The summed E-state index contributed by atoms with van der Waals surface area (Å²) in [5.74, 6) is 0.663. The molecule has 3 nitrogen and oxygen atoms in total. The van der Waals surface area contributed by atoms with Crippen molar-refractivity contribution in [2.24, 2.45) is 16.7 Å². The van der Waals surface area contributed by atoms with Crippen LogP contribution in [0.3, 0.4) is 0 Å². The molecule has 0 radical (unpaired) electrons. The fraction of sp³-hybridized carbons (Fsp3) is 0.909. The Morgan fingerprint density at radius 2 is 2.00 bits per heavy atom. The van der Waals surface area contributed by atoms with Gasteiger partial charge >= 0.3 is 6.03 Å². The minimum absolute atomic E-state index is 0.0358. The van der Waals surface area contributed by atoms with Crippen molar-refractivity contribution in [2.75, 3.05) is 0 Å². The second kappa shape index (κ2) is 2.10. The van der Waals surface area contributed by atoms with Crippen LogP contribution in [0.4, 0.5) is 4.79 Å². The van der Waals surface area contributed by atoms with Gasteiger partial charge in [-0.05, 0) is 29.6 Å². The number of rotatable bonds is 0. The first kappa shape index (κ1) is 8.57. The van der Waals surface area contributed by atoms with Gasteiger partial charge in [0.15, 0.2) is 0 Å². The molecule has 1 aliphatic heterocycles. The van der Waals surface area contributed by atoms with E-state index in [1.54, 1.807) is 0 Å². The molecule has 3 rings (SSSR count). The Labute approximate surface area is 84.6 Å². The highest BCUT2D eigenvalue weighted by atomic mass is 16.2. The van der Waals surface area contributed by atoms with E-state index in [0.29, 0.717) is 28.8 Å². The first-order valence-corrected chi connectivity index (χ1v) is 5.54. The summed E-state index contributed by atoms with van der Waals surface area (Å²) in [5.41, 5.74) is 0.657. The summed E-state index contributed by atoms with van der Waals surface area (Å²) in [7, 11) is 0. The Kier molecular flexibility index (Phi) is 1.28. The molecule has 3 fully saturated rings. The zero-order valence-electron chi connectivity index (χ0n) is 9.05. The number of amides is 2. The molecular weight excluding hydrogens is 176 g/mol. The monoisotopic (exact) mass is 194 g/mol. The number of hydrogen-bond donors (Lipinski definition) is 2. The van der Waals surface area contributed by atoms with Gasteiger partial charge in [-0.1, -0.05) is 20.8 Å². The predicted octanol–water partition coefficient (Wildman–Crippen LogP) is 1.49. The number of hydrogen-bond acceptors (Lipinski definition) is 1. The van der Waals surface area contributed by atoms with Gasteiger partial charge in [-0.15, -0.1) is 0 Å². The highest BCUT2D eigenvalue weighted by Gasteiger charge is 2.68. The summed E-state index contributed by atoms with van der Waals surface area (Å²) >= 11 is 0. The van der Waals surface area contributed by atoms with Gasteiger partial charge < -0.3 is 10.6 Å². The average molecular weight is 194 g/mol. The molecular formula is C11H18N2O. The molecule has 0 spiro atoms. The molecule has 2 N–H and O–H groups in total. The Bertz CT molecular complexity index is 312. The van der Waals surface area contributed by atoms with E-state index in [4.69, 9.17) is 0 Å². The Morgan fingerprint density at radius 1 is 1.29 bits per heavy atom. The lowest BCUT2D eigenvalue weighted by atomic mass is 9.69. The number of carbonyl (C=O) groups excluding carboxylic acids is 1. The zero-order chi connectivity index (χ0) is 10.1. The third-order valence-corrected chi connectivity index (χ3v) is 5.44. The average Bonchev–Trinajstić information content (AvgIpc) is 2.59. The molecule has 1 heterocycles. The first-order chi connectivity index (χ1) is 6.47. The summed E-state index contributed by atoms with van der Waals surface area (Å²) in [4.78, 5) is 11.3. The van der Waals surface area contributed by atoms with Gasteiger partial charge in [0, 0.05) is 0 Å². The van der Waals surface area contributed by atoms with Crippen LogP contribution in [0.1, 0.15) is 33.6 Å². The van der Waals surface area contributed by atoms with Gasteiger partial charge in [0.2, 0.25) is 0 Å². The van der Waals surface area contributed by atoms with Crippen LogP contribution in [0, 0.1) is 16.7 Å². The highest BCUT2D eigenvalue weighted by Crippen LogP contribution is 2.65. The normalized spacial score (nSPS) is 52.8. The fourth-order valence-electron chi connectivity index (χ4n) is 4.14. The van der Waals surface area contributed by atoms with E-state index in [1.807, 2.05) is 0 Å². The van der Waals surface area contributed by atoms with Gasteiger partial charge in [-0.25, -0.2) is 4.79 Å². The van der Waals surface area contributed by atoms with Crippen LogP contribution in [0.15, 0.2) is 0 Å². The van der Waals surface area contributed by atoms with Crippen LogP contribution in [0.25, 0.3) is 0 Å². The summed E-state index contributed by atoms with van der Waals surface area (Å²) in [6.45, 7) is 7.05. The lowest BCUT2D eigenvalue weighted by Gasteiger charge is -2.38. The molecule has 0 aromatic carbocycles. The molecule has 0 aromatic rings. The van der Waals surface area contributed by atoms with Gasteiger partial charge in [0.05, 0.1) is 12.1 Å². The van der Waals surface area contributed by atoms with Crippen LogP contribution >= 0.6 is 0 Å². The lowest BCUT2D eigenvalue weighted by molar-refractivity contribution is 0.126. The van der Waals surface area contributed by atoms with Gasteiger partial charge in [0.1, 0.15) is 0 Å². The first-order valence-electron chi connectivity index (χ1n) is 5.54. The van der Waals surface area contributed by atoms with Crippen molar-refractivity contribution in [1.29, 1.82) is 0 Å². The fourth-order valence-corrected chi connectivity index (χ4v) is 4.14. The predicted molar refractivity (Wildman–Crippen MR) is 53.9 cm³/mol. The summed E-state index contributed by atoms with van der Waals surface area (Å²) in [6.07, 6.45) is 2.53. The van der Waals surface area contributed by atoms with Crippen molar-refractivity contribution in [3.05, 3.63) is 0 Å². The molecule has 2 aliphatic carbocycles. The van der Waals surface area contributed by atoms with E-state index in [0.717, 1.165) is 0 Å². The molecule has 0 unspecified atom stereocenters. The topological polar surface area (TPSA) is 41.1 Å². The SMILES string of the molecule is CC1(C)[C@H]2CC[C@]1(C)[C@H]1NC(=O)N[C@H]21.